The predicted octanol–water partition coefficient (Wildman–Crippen LogP) is 9.46. The molecule has 288 valence electrons. The van der Waals surface area contributed by atoms with Crippen LogP contribution < -0.4 is 10.6 Å². The number of rotatable bonds is 10. The maximum atomic E-state index is 13.1. The number of ether oxygens (including phenoxy) is 1. The SMILES string of the molecule is C=C(C[C@]12CC[C@@H](C(=C)C)[C@@H]1[C@H]1CC[C@@H]3[C@@]4(C)CC[C@H](OC(=O)CC(C)(C)C(=O)O)C(C)(C)[C@@H]4CC[C@@]3(C)[C@]1(C)CC2)NCC(=O)NC(C)(C)C. The number of amides is 1. The molecule has 5 aliphatic carbocycles. The van der Waals surface area contributed by atoms with Gasteiger partial charge in [-0.3, -0.25) is 14.4 Å². The van der Waals surface area contributed by atoms with E-state index in [4.69, 9.17) is 4.74 Å². The summed E-state index contributed by atoms with van der Waals surface area (Å²) in [6.45, 7) is 33.3. The molecule has 0 saturated heterocycles. The number of nitrogens with one attached hydrogen (secondary N) is 2. The lowest BCUT2D eigenvalue weighted by atomic mass is 9.32. The van der Waals surface area contributed by atoms with E-state index >= 15 is 0 Å². The minimum absolute atomic E-state index is 0.00741. The van der Waals surface area contributed by atoms with Gasteiger partial charge in [0.2, 0.25) is 5.91 Å². The minimum Gasteiger partial charge on any atom is -0.481 e. The normalized spacial score (nSPS) is 40.1. The van der Waals surface area contributed by atoms with Crippen molar-refractivity contribution in [2.75, 3.05) is 6.54 Å². The zero-order valence-electron chi connectivity index (χ0n) is 34.2. The van der Waals surface area contributed by atoms with Gasteiger partial charge in [0, 0.05) is 16.7 Å². The summed E-state index contributed by atoms with van der Waals surface area (Å²) < 4.78 is 6.18. The Kier molecular flexibility index (Phi) is 10.3. The molecule has 5 fully saturated rings. The maximum Gasteiger partial charge on any atom is 0.309 e. The number of aliphatic carboxylic acids is 1. The fourth-order valence-corrected chi connectivity index (χ4v) is 13.6. The van der Waals surface area contributed by atoms with E-state index < -0.39 is 17.4 Å². The Balaban J connectivity index is 1.36. The van der Waals surface area contributed by atoms with Crippen LogP contribution in [0.25, 0.3) is 0 Å². The molecule has 5 rings (SSSR count). The van der Waals surface area contributed by atoms with Gasteiger partial charge in [0.25, 0.3) is 0 Å². The van der Waals surface area contributed by atoms with E-state index in [1.54, 1.807) is 13.8 Å². The van der Waals surface area contributed by atoms with Crippen molar-refractivity contribution in [1.82, 2.24) is 10.6 Å². The van der Waals surface area contributed by atoms with Gasteiger partial charge in [-0.05, 0) is 163 Å². The second kappa shape index (κ2) is 13.2. The fraction of sp³-hybridized carbons (Fsp3) is 0.841. The smallest absolute Gasteiger partial charge is 0.309 e. The van der Waals surface area contributed by atoms with E-state index in [9.17, 15) is 19.5 Å². The predicted molar refractivity (Wildman–Crippen MR) is 205 cm³/mol. The Labute approximate surface area is 310 Å². The van der Waals surface area contributed by atoms with Crippen LogP contribution in [0.1, 0.15) is 153 Å². The van der Waals surface area contributed by atoms with Crippen LogP contribution in [0.5, 0.6) is 0 Å². The first-order valence-corrected chi connectivity index (χ1v) is 20.1. The number of esters is 1. The summed E-state index contributed by atoms with van der Waals surface area (Å²) >= 11 is 0. The van der Waals surface area contributed by atoms with Crippen LogP contribution in [0, 0.1) is 62.1 Å². The molecule has 0 aromatic carbocycles. The molecule has 0 bridgehead atoms. The van der Waals surface area contributed by atoms with Crippen LogP contribution >= 0.6 is 0 Å². The standard InChI is InChI=1S/C44H72N2O5/c1-27(2)29-16-21-44(24-28(3)45-26-34(47)46-38(4,5)6)23-22-42(12)30(36(29)44)14-15-32-41(11)19-18-33(51-35(48)25-39(7,8)37(49)50)40(9,10)31(41)17-20-43(32,42)13/h29-33,36,45H,1,3,14-26H2,2,4-13H3,(H,46,47)(H,49,50)/t29-,30+,31-,32+,33-,36+,41-,42+,43+,44+/m0/s1. The number of hydrogen-bond acceptors (Lipinski definition) is 5. The van der Waals surface area contributed by atoms with Crippen molar-refractivity contribution < 1.29 is 24.2 Å². The van der Waals surface area contributed by atoms with E-state index in [1.807, 2.05) is 20.8 Å². The van der Waals surface area contributed by atoms with Crippen LogP contribution in [0.3, 0.4) is 0 Å². The number of carbonyl (C=O) groups is 3. The highest BCUT2D eigenvalue weighted by Gasteiger charge is 2.71. The second-order valence-corrected chi connectivity index (χ2v) is 21.2. The Morgan fingerprint density at radius 2 is 1.49 bits per heavy atom. The largest absolute Gasteiger partial charge is 0.481 e. The highest BCUT2D eigenvalue weighted by molar-refractivity contribution is 5.81. The van der Waals surface area contributed by atoms with Crippen molar-refractivity contribution in [1.29, 1.82) is 0 Å². The molecule has 5 saturated carbocycles. The Hall–Kier alpha value is -2.31. The van der Waals surface area contributed by atoms with Crippen molar-refractivity contribution in [2.24, 2.45) is 62.1 Å². The van der Waals surface area contributed by atoms with Crippen LogP contribution in [0.2, 0.25) is 0 Å². The summed E-state index contributed by atoms with van der Waals surface area (Å²) in [5, 5.41) is 16.1. The summed E-state index contributed by atoms with van der Waals surface area (Å²) in [5.41, 5.74) is 1.49. The number of carbonyl (C=O) groups excluding carboxylic acids is 2. The quantitative estimate of drug-likeness (QED) is 0.154. The van der Waals surface area contributed by atoms with E-state index in [1.165, 1.54) is 50.5 Å². The van der Waals surface area contributed by atoms with Crippen molar-refractivity contribution in [3.8, 4) is 0 Å². The molecule has 0 aromatic rings. The molecule has 0 aliphatic heterocycles. The van der Waals surface area contributed by atoms with Crippen LogP contribution in [0.15, 0.2) is 24.4 Å². The summed E-state index contributed by atoms with van der Waals surface area (Å²) in [6, 6.07) is 0. The van der Waals surface area contributed by atoms with Crippen LogP contribution in [0.4, 0.5) is 0 Å². The lowest BCUT2D eigenvalue weighted by Crippen LogP contribution is -2.66. The minimum atomic E-state index is -1.14. The number of hydrogen-bond donors (Lipinski definition) is 3. The highest BCUT2D eigenvalue weighted by atomic mass is 16.5. The molecule has 1 amide bonds. The molecule has 0 radical (unpaired) electrons. The molecule has 7 heteroatoms. The Morgan fingerprint density at radius 1 is 0.824 bits per heavy atom. The number of carboxylic acid groups (broad SMARTS) is 1. The zero-order chi connectivity index (χ0) is 38.2. The first-order valence-electron chi connectivity index (χ1n) is 20.1. The zero-order valence-corrected chi connectivity index (χ0v) is 34.2. The van der Waals surface area contributed by atoms with Gasteiger partial charge in [0.05, 0.1) is 18.4 Å². The van der Waals surface area contributed by atoms with Crippen molar-refractivity contribution in [3.05, 3.63) is 24.4 Å². The lowest BCUT2D eigenvalue weighted by Gasteiger charge is -2.73. The molecule has 10 atom stereocenters. The van der Waals surface area contributed by atoms with Gasteiger partial charge in [0.15, 0.2) is 0 Å². The molecule has 0 spiro atoms. The monoisotopic (exact) mass is 709 g/mol. The molecular weight excluding hydrogens is 636 g/mol. The van der Waals surface area contributed by atoms with Gasteiger partial charge >= 0.3 is 11.9 Å². The summed E-state index contributed by atoms with van der Waals surface area (Å²) in [6.07, 6.45) is 12.1. The van der Waals surface area contributed by atoms with Crippen molar-refractivity contribution >= 4 is 17.8 Å². The van der Waals surface area contributed by atoms with E-state index in [-0.39, 0.29) is 57.6 Å². The molecule has 0 heterocycles. The van der Waals surface area contributed by atoms with Crippen molar-refractivity contribution in [3.63, 3.8) is 0 Å². The summed E-state index contributed by atoms with van der Waals surface area (Å²) in [7, 11) is 0. The number of carboxylic acids is 1. The third kappa shape index (κ3) is 6.83. The molecule has 5 aliphatic rings. The van der Waals surface area contributed by atoms with Gasteiger partial charge in [-0.25, -0.2) is 0 Å². The van der Waals surface area contributed by atoms with Gasteiger partial charge in [-0.2, -0.15) is 0 Å². The third-order valence-electron chi connectivity index (χ3n) is 16.2. The average Bonchev–Trinajstić information content (AvgIpc) is 3.36. The average molecular weight is 709 g/mol. The van der Waals surface area contributed by atoms with E-state index in [2.05, 4.69) is 65.3 Å². The molecular formula is C44H72N2O5. The summed E-state index contributed by atoms with van der Waals surface area (Å²) in [5.74, 6) is 1.39. The van der Waals surface area contributed by atoms with Crippen molar-refractivity contribution in [2.45, 2.75) is 165 Å². The molecule has 7 nitrogen and oxygen atoms in total. The Bertz CT molecular complexity index is 1420. The van der Waals surface area contributed by atoms with Gasteiger partial charge < -0.3 is 20.5 Å². The lowest BCUT2D eigenvalue weighted by molar-refractivity contribution is -0.250. The maximum absolute atomic E-state index is 13.1. The third-order valence-corrected chi connectivity index (χ3v) is 16.2. The van der Waals surface area contributed by atoms with Gasteiger partial charge in [-0.15, -0.1) is 0 Å². The number of allylic oxidation sites excluding steroid dienone is 2. The summed E-state index contributed by atoms with van der Waals surface area (Å²) in [4.78, 5) is 37.5. The highest BCUT2D eigenvalue weighted by Crippen LogP contribution is 2.78. The second-order valence-electron chi connectivity index (χ2n) is 21.2. The van der Waals surface area contributed by atoms with Crippen LogP contribution in [-0.2, 0) is 19.1 Å². The Morgan fingerprint density at radius 3 is 2.10 bits per heavy atom. The van der Waals surface area contributed by atoms with Gasteiger partial charge in [0.1, 0.15) is 6.10 Å². The molecule has 0 aromatic heterocycles. The molecule has 0 unspecified atom stereocenters. The first kappa shape index (κ1) is 39.9. The fourth-order valence-electron chi connectivity index (χ4n) is 13.6. The van der Waals surface area contributed by atoms with E-state index in [0.29, 0.717) is 29.6 Å². The molecule has 3 N–H and O–H groups in total. The van der Waals surface area contributed by atoms with Gasteiger partial charge in [-0.1, -0.05) is 53.3 Å². The first-order chi connectivity index (χ1) is 23.3. The molecule has 51 heavy (non-hydrogen) atoms. The van der Waals surface area contributed by atoms with Crippen LogP contribution in [-0.4, -0.2) is 41.1 Å². The number of fused-ring (bicyclic) bond motifs is 7. The topological polar surface area (TPSA) is 105 Å². The van der Waals surface area contributed by atoms with E-state index in [0.717, 1.165) is 31.4 Å².